The zero-order valence-electron chi connectivity index (χ0n) is 12.9. The molecule has 0 N–H and O–H groups in total. The molecule has 2 aromatic rings. The third-order valence-corrected chi connectivity index (χ3v) is 5.97. The molecule has 3 atom stereocenters. The van der Waals surface area contributed by atoms with E-state index in [0.717, 1.165) is 31.8 Å². The molecule has 0 unspecified atom stereocenters. The number of hydrogen-bond donors (Lipinski definition) is 0. The zero-order chi connectivity index (χ0) is 15.4. The first-order chi connectivity index (χ1) is 11.3. The van der Waals surface area contributed by atoms with E-state index in [4.69, 9.17) is 4.74 Å². The number of ether oxygens (including phenoxy) is 1. The predicted molar refractivity (Wildman–Crippen MR) is 87.1 cm³/mol. The van der Waals surface area contributed by atoms with Gasteiger partial charge in [0.05, 0.1) is 5.92 Å². The Morgan fingerprint density at radius 1 is 1.09 bits per heavy atom. The molecule has 2 aromatic carbocycles. The quantitative estimate of drug-likeness (QED) is 0.631. The Morgan fingerprint density at radius 3 is 2.74 bits per heavy atom. The van der Waals surface area contributed by atoms with Crippen molar-refractivity contribution in [2.45, 2.75) is 18.4 Å². The molecular weight excluding hydrogens is 286 g/mol. The third kappa shape index (κ3) is 1.77. The fraction of sp³-hybridized carbons (Fsp3) is 0.350. The third-order valence-electron chi connectivity index (χ3n) is 5.97. The van der Waals surface area contributed by atoms with E-state index in [-0.39, 0.29) is 17.3 Å². The molecule has 3 nitrogen and oxygen atoms in total. The summed E-state index contributed by atoms with van der Waals surface area (Å²) < 4.78 is 5.56. The molecule has 1 spiro atoms. The number of para-hydroxylation sites is 1. The van der Waals surface area contributed by atoms with Crippen molar-refractivity contribution in [3.63, 3.8) is 0 Å². The van der Waals surface area contributed by atoms with Gasteiger partial charge in [-0.15, -0.1) is 0 Å². The van der Waals surface area contributed by atoms with Gasteiger partial charge in [0.15, 0.2) is 0 Å². The van der Waals surface area contributed by atoms with Crippen LogP contribution >= 0.6 is 0 Å². The summed E-state index contributed by atoms with van der Waals surface area (Å²) in [6.07, 6.45) is 0.971. The summed E-state index contributed by atoms with van der Waals surface area (Å²) in [6.45, 7) is 3.00. The van der Waals surface area contributed by atoms with Crippen LogP contribution in [0.3, 0.4) is 0 Å². The second kappa shape index (κ2) is 4.68. The number of carbonyl (C=O) groups is 1. The molecule has 0 bridgehead atoms. The SMILES string of the molecule is O=C1Oc2ccccc2[C@]23CN(Cc4ccccc4)C[C@H]2C[C@H]13. The Hall–Kier alpha value is -2.13. The van der Waals surface area contributed by atoms with Gasteiger partial charge < -0.3 is 4.74 Å². The highest BCUT2D eigenvalue weighted by molar-refractivity contribution is 5.82. The number of fused-ring (bicyclic) bond motifs is 1. The van der Waals surface area contributed by atoms with E-state index >= 15 is 0 Å². The maximum atomic E-state index is 12.4. The fourth-order valence-corrected chi connectivity index (χ4v) is 4.93. The molecule has 5 rings (SSSR count). The highest BCUT2D eigenvalue weighted by Crippen LogP contribution is 2.61. The van der Waals surface area contributed by atoms with Crippen molar-refractivity contribution in [1.29, 1.82) is 0 Å². The standard InChI is InChI=1S/C20H19NO2/c22-19-17-10-15-12-21(11-14-6-2-1-3-7-14)13-20(15,17)16-8-4-5-9-18(16)23-19/h1-9,15,17H,10-13H2/t15-,17-,20+/m1/s1. The van der Waals surface area contributed by atoms with Crippen LogP contribution in [0.1, 0.15) is 17.5 Å². The predicted octanol–water partition coefficient (Wildman–Crippen LogP) is 3.00. The number of esters is 1. The summed E-state index contributed by atoms with van der Waals surface area (Å²) in [5.41, 5.74) is 2.57. The van der Waals surface area contributed by atoms with Crippen LogP contribution in [0.2, 0.25) is 0 Å². The molecule has 2 heterocycles. The summed E-state index contributed by atoms with van der Waals surface area (Å²) >= 11 is 0. The minimum Gasteiger partial charge on any atom is -0.426 e. The van der Waals surface area contributed by atoms with Gasteiger partial charge in [0.2, 0.25) is 0 Å². The van der Waals surface area contributed by atoms with E-state index in [9.17, 15) is 4.79 Å². The molecular formula is C20H19NO2. The van der Waals surface area contributed by atoms with Crippen molar-refractivity contribution in [1.82, 2.24) is 4.90 Å². The van der Waals surface area contributed by atoms with Crippen LogP contribution in [0.5, 0.6) is 5.75 Å². The fourth-order valence-electron chi connectivity index (χ4n) is 4.93. The van der Waals surface area contributed by atoms with Crippen LogP contribution in [-0.4, -0.2) is 24.0 Å². The van der Waals surface area contributed by atoms with E-state index in [1.54, 1.807) is 0 Å². The summed E-state index contributed by atoms with van der Waals surface area (Å²) in [7, 11) is 0. The lowest BCUT2D eigenvalue weighted by Gasteiger charge is -2.53. The summed E-state index contributed by atoms with van der Waals surface area (Å²) in [5, 5.41) is 0. The number of carbonyl (C=O) groups excluding carboxylic acids is 1. The minimum absolute atomic E-state index is 0.0132. The van der Waals surface area contributed by atoms with Gasteiger partial charge in [-0.3, -0.25) is 9.69 Å². The van der Waals surface area contributed by atoms with Crippen LogP contribution < -0.4 is 4.74 Å². The first-order valence-corrected chi connectivity index (χ1v) is 8.35. The number of benzene rings is 2. The Kier molecular flexibility index (Phi) is 2.71. The second-order valence-corrected chi connectivity index (χ2v) is 7.10. The minimum atomic E-state index is -0.0264. The summed E-state index contributed by atoms with van der Waals surface area (Å²) in [5.74, 6) is 1.37. The molecule has 116 valence electrons. The summed E-state index contributed by atoms with van der Waals surface area (Å²) in [6, 6.07) is 18.7. The Labute approximate surface area is 135 Å². The maximum Gasteiger partial charge on any atom is 0.315 e. The first kappa shape index (κ1) is 13.3. The molecule has 0 aromatic heterocycles. The topological polar surface area (TPSA) is 29.5 Å². The highest BCUT2D eigenvalue weighted by atomic mass is 16.5. The van der Waals surface area contributed by atoms with Crippen molar-refractivity contribution in [2.24, 2.45) is 11.8 Å². The van der Waals surface area contributed by atoms with Crippen LogP contribution in [0, 0.1) is 11.8 Å². The maximum absolute atomic E-state index is 12.4. The molecule has 1 saturated carbocycles. The van der Waals surface area contributed by atoms with Gasteiger partial charge >= 0.3 is 5.97 Å². The monoisotopic (exact) mass is 305 g/mol. The van der Waals surface area contributed by atoms with Gasteiger partial charge in [-0.05, 0) is 24.0 Å². The van der Waals surface area contributed by atoms with Crippen molar-refractivity contribution < 1.29 is 9.53 Å². The smallest absolute Gasteiger partial charge is 0.315 e. The molecule has 0 amide bonds. The summed E-state index contributed by atoms with van der Waals surface area (Å²) in [4.78, 5) is 14.9. The number of hydrogen-bond acceptors (Lipinski definition) is 3. The second-order valence-electron chi connectivity index (χ2n) is 7.10. The average molecular weight is 305 g/mol. The van der Waals surface area contributed by atoms with Gasteiger partial charge in [0, 0.05) is 30.6 Å². The number of likely N-dealkylation sites (tertiary alicyclic amines) is 1. The van der Waals surface area contributed by atoms with Crippen LogP contribution in [0.25, 0.3) is 0 Å². The molecule has 3 heteroatoms. The van der Waals surface area contributed by atoms with E-state index in [1.807, 2.05) is 12.1 Å². The van der Waals surface area contributed by atoms with Crippen molar-refractivity contribution in [3.05, 3.63) is 65.7 Å². The Balaban J connectivity index is 1.50. The van der Waals surface area contributed by atoms with Crippen LogP contribution in [0.15, 0.2) is 54.6 Å². The van der Waals surface area contributed by atoms with Crippen molar-refractivity contribution >= 4 is 5.97 Å². The van der Waals surface area contributed by atoms with E-state index in [2.05, 4.69) is 47.4 Å². The van der Waals surface area contributed by atoms with Gasteiger partial charge in [0.1, 0.15) is 5.75 Å². The molecule has 1 aliphatic carbocycles. The van der Waals surface area contributed by atoms with Crippen molar-refractivity contribution in [2.75, 3.05) is 13.1 Å². The molecule has 0 radical (unpaired) electrons. The average Bonchev–Trinajstić information content (AvgIpc) is 2.80. The van der Waals surface area contributed by atoms with Gasteiger partial charge in [-0.2, -0.15) is 0 Å². The van der Waals surface area contributed by atoms with Gasteiger partial charge in [-0.1, -0.05) is 48.5 Å². The van der Waals surface area contributed by atoms with Crippen LogP contribution in [0.4, 0.5) is 0 Å². The lowest BCUT2D eigenvalue weighted by Crippen LogP contribution is -2.59. The van der Waals surface area contributed by atoms with E-state index < -0.39 is 0 Å². The van der Waals surface area contributed by atoms with Crippen LogP contribution in [-0.2, 0) is 16.8 Å². The zero-order valence-corrected chi connectivity index (χ0v) is 12.9. The Morgan fingerprint density at radius 2 is 1.87 bits per heavy atom. The molecule has 2 aliphatic heterocycles. The normalized spacial score (nSPS) is 31.6. The molecule has 23 heavy (non-hydrogen) atoms. The molecule has 2 fully saturated rings. The van der Waals surface area contributed by atoms with Gasteiger partial charge in [-0.25, -0.2) is 0 Å². The van der Waals surface area contributed by atoms with E-state index in [1.165, 1.54) is 11.1 Å². The van der Waals surface area contributed by atoms with E-state index in [0.29, 0.717) is 5.92 Å². The Bertz CT molecular complexity index is 772. The number of nitrogens with zero attached hydrogens (tertiary/aromatic N) is 1. The lowest BCUT2D eigenvalue weighted by atomic mass is 9.50. The molecule has 1 saturated heterocycles. The van der Waals surface area contributed by atoms with Crippen molar-refractivity contribution in [3.8, 4) is 5.75 Å². The first-order valence-electron chi connectivity index (χ1n) is 8.35. The largest absolute Gasteiger partial charge is 0.426 e. The molecule has 3 aliphatic rings. The highest BCUT2D eigenvalue weighted by Gasteiger charge is 2.66. The lowest BCUT2D eigenvalue weighted by molar-refractivity contribution is -0.152. The van der Waals surface area contributed by atoms with Gasteiger partial charge in [0.25, 0.3) is 0 Å². The number of rotatable bonds is 2.